The van der Waals surface area contributed by atoms with E-state index in [0.717, 1.165) is 0 Å². The highest BCUT2D eigenvalue weighted by Gasteiger charge is 2.14. The van der Waals surface area contributed by atoms with Crippen molar-refractivity contribution in [1.82, 2.24) is 4.90 Å². The number of amidine groups is 1. The first-order chi connectivity index (χ1) is 8.43. The van der Waals surface area contributed by atoms with Crippen molar-refractivity contribution in [2.45, 2.75) is 26.4 Å². The fourth-order valence-corrected chi connectivity index (χ4v) is 1.72. The van der Waals surface area contributed by atoms with Gasteiger partial charge >= 0.3 is 0 Å². The SMILES string of the molecule is CC(C)N(C/C(N)=N/O)Cc1cc(F)ccc1Cl. The van der Waals surface area contributed by atoms with Crippen molar-refractivity contribution in [3.8, 4) is 0 Å². The normalized spacial score (nSPS) is 12.4. The van der Waals surface area contributed by atoms with Gasteiger partial charge in [-0.3, -0.25) is 4.90 Å². The second-order valence-corrected chi connectivity index (χ2v) is 4.73. The summed E-state index contributed by atoms with van der Waals surface area (Å²) in [6, 6.07) is 4.39. The summed E-state index contributed by atoms with van der Waals surface area (Å²) in [6.07, 6.45) is 0. The standard InChI is InChI=1S/C12H17ClFN3O/c1-8(2)17(7-12(15)16-18)6-9-5-10(14)3-4-11(9)13/h3-5,8,18H,6-7H2,1-2H3,(H2,15,16). The van der Waals surface area contributed by atoms with Crippen LogP contribution in [0.4, 0.5) is 4.39 Å². The number of nitrogens with zero attached hydrogens (tertiary/aromatic N) is 2. The Balaban J connectivity index is 2.86. The van der Waals surface area contributed by atoms with Crippen molar-refractivity contribution < 1.29 is 9.60 Å². The molecular formula is C12H17ClFN3O. The van der Waals surface area contributed by atoms with Crippen LogP contribution in [0, 0.1) is 5.82 Å². The summed E-state index contributed by atoms with van der Waals surface area (Å²) in [5.74, 6) is -0.224. The van der Waals surface area contributed by atoms with Crippen LogP contribution in [0.2, 0.25) is 5.02 Å². The lowest BCUT2D eigenvalue weighted by molar-refractivity contribution is 0.238. The highest BCUT2D eigenvalue weighted by Crippen LogP contribution is 2.19. The van der Waals surface area contributed by atoms with Gasteiger partial charge in [-0.25, -0.2) is 4.39 Å². The number of hydrogen-bond donors (Lipinski definition) is 2. The van der Waals surface area contributed by atoms with Crippen LogP contribution >= 0.6 is 11.6 Å². The van der Waals surface area contributed by atoms with Gasteiger partial charge in [-0.2, -0.15) is 0 Å². The number of oxime groups is 1. The van der Waals surface area contributed by atoms with E-state index in [2.05, 4.69) is 5.16 Å². The summed E-state index contributed by atoms with van der Waals surface area (Å²) in [6.45, 7) is 4.67. The van der Waals surface area contributed by atoms with Gasteiger partial charge in [-0.15, -0.1) is 0 Å². The smallest absolute Gasteiger partial charge is 0.153 e. The zero-order chi connectivity index (χ0) is 13.7. The van der Waals surface area contributed by atoms with Crippen LogP contribution in [0.25, 0.3) is 0 Å². The van der Waals surface area contributed by atoms with Crippen molar-refractivity contribution in [3.05, 3.63) is 34.6 Å². The van der Waals surface area contributed by atoms with Crippen molar-refractivity contribution in [2.24, 2.45) is 10.9 Å². The van der Waals surface area contributed by atoms with Crippen LogP contribution in [-0.2, 0) is 6.54 Å². The van der Waals surface area contributed by atoms with Crippen LogP contribution in [0.1, 0.15) is 19.4 Å². The highest BCUT2D eigenvalue weighted by molar-refractivity contribution is 6.31. The molecule has 0 aliphatic rings. The van der Waals surface area contributed by atoms with Gasteiger partial charge in [0, 0.05) is 17.6 Å². The molecule has 6 heteroatoms. The molecule has 0 aromatic heterocycles. The predicted octanol–water partition coefficient (Wildman–Crippen LogP) is 2.44. The van der Waals surface area contributed by atoms with Crippen molar-refractivity contribution in [2.75, 3.05) is 6.54 Å². The maximum Gasteiger partial charge on any atom is 0.153 e. The summed E-state index contributed by atoms with van der Waals surface area (Å²) >= 11 is 6.01. The molecule has 0 fully saturated rings. The number of benzene rings is 1. The number of hydrogen-bond acceptors (Lipinski definition) is 3. The zero-order valence-electron chi connectivity index (χ0n) is 10.4. The lowest BCUT2D eigenvalue weighted by Gasteiger charge is -2.26. The van der Waals surface area contributed by atoms with Gasteiger partial charge in [-0.1, -0.05) is 16.8 Å². The topological polar surface area (TPSA) is 61.8 Å². The van der Waals surface area contributed by atoms with E-state index < -0.39 is 0 Å². The van der Waals surface area contributed by atoms with Gasteiger partial charge in [0.1, 0.15) is 5.82 Å². The maximum absolute atomic E-state index is 13.2. The highest BCUT2D eigenvalue weighted by atomic mass is 35.5. The Morgan fingerprint density at radius 1 is 1.56 bits per heavy atom. The second kappa shape index (κ2) is 6.56. The third kappa shape index (κ3) is 4.16. The zero-order valence-corrected chi connectivity index (χ0v) is 11.2. The largest absolute Gasteiger partial charge is 0.409 e. The van der Waals surface area contributed by atoms with Crippen LogP contribution in [0.15, 0.2) is 23.4 Å². The summed E-state index contributed by atoms with van der Waals surface area (Å²) in [5, 5.41) is 12.0. The van der Waals surface area contributed by atoms with Gasteiger partial charge < -0.3 is 10.9 Å². The minimum atomic E-state index is -0.332. The van der Waals surface area contributed by atoms with Crippen LogP contribution in [-0.4, -0.2) is 28.5 Å². The second-order valence-electron chi connectivity index (χ2n) is 4.33. The van der Waals surface area contributed by atoms with Crippen molar-refractivity contribution in [3.63, 3.8) is 0 Å². The quantitative estimate of drug-likeness (QED) is 0.375. The number of rotatable bonds is 5. The minimum Gasteiger partial charge on any atom is -0.409 e. The van der Waals surface area contributed by atoms with Crippen LogP contribution in [0.3, 0.4) is 0 Å². The van der Waals surface area contributed by atoms with Gasteiger partial charge in [-0.05, 0) is 37.6 Å². The van der Waals surface area contributed by atoms with E-state index in [-0.39, 0.29) is 17.7 Å². The van der Waals surface area contributed by atoms with Crippen molar-refractivity contribution in [1.29, 1.82) is 0 Å². The molecule has 0 unspecified atom stereocenters. The lowest BCUT2D eigenvalue weighted by Crippen LogP contribution is -2.38. The monoisotopic (exact) mass is 273 g/mol. The molecule has 1 aromatic rings. The van der Waals surface area contributed by atoms with Gasteiger partial charge in [0.15, 0.2) is 5.84 Å². The first kappa shape index (κ1) is 14.7. The Bertz CT molecular complexity index is 437. The average Bonchev–Trinajstić information content (AvgIpc) is 2.32. The minimum absolute atomic E-state index is 0.108. The molecule has 0 radical (unpaired) electrons. The molecule has 1 rings (SSSR count). The maximum atomic E-state index is 13.2. The summed E-state index contributed by atoms with van der Waals surface area (Å²) in [7, 11) is 0. The molecule has 0 aliphatic heterocycles. The molecule has 3 N–H and O–H groups in total. The molecule has 0 amide bonds. The molecular weight excluding hydrogens is 257 g/mol. The molecule has 0 saturated heterocycles. The molecule has 0 spiro atoms. The van der Waals surface area contributed by atoms with E-state index in [1.165, 1.54) is 18.2 Å². The first-order valence-electron chi connectivity index (χ1n) is 5.58. The molecule has 1 aromatic carbocycles. The molecule has 0 bridgehead atoms. The number of nitrogens with two attached hydrogens (primary N) is 1. The van der Waals surface area contributed by atoms with E-state index in [0.29, 0.717) is 23.7 Å². The van der Waals surface area contributed by atoms with Gasteiger partial charge in [0.2, 0.25) is 0 Å². The van der Waals surface area contributed by atoms with E-state index in [9.17, 15) is 4.39 Å². The molecule has 0 saturated carbocycles. The van der Waals surface area contributed by atoms with E-state index in [1.54, 1.807) is 0 Å². The molecule has 0 heterocycles. The van der Waals surface area contributed by atoms with E-state index in [1.807, 2.05) is 18.7 Å². The first-order valence-corrected chi connectivity index (χ1v) is 5.96. The Morgan fingerprint density at radius 3 is 2.78 bits per heavy atom. The average molecular weight is 274 g/mol. The molecule has 100 valence electrons. The molecule has 4 nitrogen and oxygen atoms in total. The van der Waals surface area contributed by atoms with Gasteiger partial charge in [0.05, 0.1) is 6.54 Å². The molecule has 0 aliphatic carbocycles. The van der Waals surface area contributed by atoms with E-state index >= 15 is 0 Å². The predicted molar refractivity (Wildman–Crippen MR) is 70.4 cm³/mol. The summed E-state index contributed by atoms with van der Waals surface area (Å²) < 4.78 is 13.2. The Kier molecular flexibility index (Phi) is 5.37. The fraction of sp³-hybridized carbons (Fsp3) is 0.417. The fourth-order valence-electron chi connectivity index (χ4n) is 1.54. The Hall–Kier alpha value is -1.33. The lowest BCUT2D eigenvalue weighted by atomic mass is 10.2. The Labute approximate surface area is 111 Å². The van der Waals surface area contributed by atoms with Gasteiger partial charge in [0.25, 0.3) is 0 Å². The number of halogens is 2. The summed E-state index contributed by atoms with van der Waals surface area (Å²) in [4.78, 5) is 1.93. The molecule has 0 atom stereocenters. The third-order valence-corrected chi connectivity index (χ3v) is 2.97. The molecule has 18 heavy (non-hydrogen) atoms. The Morgan fingerprint density at radius 2 is 2.22 bits per heavy atom. The summed E-state index contributed by atoms with van der Waals surface area (Å²) in [5.41, 5.74) is 6.16. The van der Waals surface area contributed by atoms with Crippen LogP contribution < -0.4 is 5.73 Å². The van der Waals surface area contributed by atoms with E-state index in [4.69, 9.17) is 22.5 Å². The third-order valence-electron chi connectivity index (χ3n) is 2.61. The van der Waals surface area contributed by atoms with Crippen molar-refractivity contribution >= 4 is 17.4 Å². The van der Waals surface area contributed by atoms with Crippen LogP contribution in [0.5, 0.6) is 0 Å².